The van der Waals surface area contributed by atoms with Gasteiger partial charge in [0.25, 0.3) is 5.56 Å². The Labute approximate surface area is 137 Å². The molecule has 0 bridgehead atoms. The number of nitrogens with zero attached hydrogens (tertiary/aromatic N) is 1. The molecule has 23 heavy (non-hydrogen) atoms. The third-order valence-corrected chi connectivity index (χ3v) is 9.98. The van der Waals surface area contributed by atoms with Crippen molar-refractivity contribution in [3.8, 4) is 0 Å². The molecule has 7 heteroatoms. The summed E-state index contributed by atoms with van der Waals surface area (Å²) in [5.41, 5.74) is -3.11. The number of aromatic amines is 1. The Morgan fingerprint density at radius 3 is 2.52 bits per heavy atom. The van der Waals surface area contributed by atoms with Gasteiger partial charge in [-0.05, 0) is 24.6 Å². The average molecular weight is 342 g/mol. The predicted molar refractivity (Wildman–Crippen MR) is 91.0 cm³/mol. The van der Waals surface area contributed by atoms with Gasteiger partial charge >= 0.3 is 5.69 Å². The van der Waals surface area contributed by atoms with Crippen molar-refractivity contribution < 1.29 is 8.82 Å². The number of alkyl halides is 1. The second-order valence-corrected chi connectivity index (χ2v) is 13.3. The molecular weight excluding hydrogens is 315 g/mol. The van der Waals surface area contributed by atoms with Gasteiger partial charge in [0, 0.05) is 24.3 Å². The summed E-state index contributed by atoms with van der Waals surface area (Å²) in [7, 11) is -1.93. The molecule has 1 aliphatic rings. The van der Waals surface area contributed by atoms with E-state index in [2.05, 4.69) is 38.8 Å². The van der Waals surface area contributed by atoms with Gasteiger partial charge in [0.15, 0.2) is 8.32 Å². The topological polar surface area (TPSA) is 64.1 Å². The lowest BCUT2D eigenvalue weighted by molar-refractivity contribution is 0.140. The van der Waals surface area contributed by atoms with Crippen LogP contribution in [0.2, 0.25) is 18.1 Å². The maximum absolute atomic E-state index is 15.1. The molecule has 1 fully saturated rings. The molecule has 0 aromatic carbocycles. The van der Waals surface area contributed by atoms with E-state index in [-0.39, 0.29) is 11.6 Å². The Morgan fingerprint density at radius 2 is 2.00 bits per heavy atom. The molecule has 0 spiro atoms. The number of hydrogen-bond donors (Lipinski definition) is 1. The Balaban J connectivity index is 2.06. The van der Waals surface area contributed by atoms with Gasteiger partial charge in [0.05, 0.1) is 6.54 Å². The van der Waals surface area contributed by atoms with Crippen LogP contribution in [-0.4, -0.2) is 30.1 Å². The Kier molecular flexibility index (Phi) is 4.26. The van der Waals surface area contributed by atoms with Crippen LogP contribution in [0.15, 0.2) is 21.9 Å². The molecule has 5 nitrogen and oxygen atoms in total. The minimum Gasteiger partial charge on any atom is -0.416 e. The summed E-state index contributed by atoms with van der Waals surface area (Å²) in [6.45, 7) is 12.9. The summed E-state index contributed by atoms with van der Waals surface area (Å²) >= 11 is 0. The van der Waals surface area contributed by atoms with E-state index in [1.54, 1.807) is 0 Å². The van der Waals surface area contributed by atoms with E-state index in [0.29, 0.717) is 13.0 Å². The van der Waals surface area contributed by atoms with Gasteiger partial charge in [-0.25, -0.2) is 9.18 Å². The number of hydrogen-bond acceptors (Lipinski definition) is 3. The second kappa shape index (κ2) is 5.41. The fourth-order valence-electron chi connectivity index (χ4n) is 2.40. The fourth-order valence-corrected chi connectivity index (χ4v) is 3.51. The summed E-state index contributed by atoms with van der Waals surface area (Å²) in [6, 6.07) is 1.23. The van der Waals surface area contributed by atoms with E-state index in [4.69, 9.17) is 4.43 Å². The summed E-state index contributed by atoms with van der Waals surface area (Å²) in [5, 5.41) is 0.0765. The van der Waals surface area contributed by atoms with Crippen LogP contribution in [0.1, 0.15) is 34.1 Å². The van der Waals surface area contributed by atoms with Crippen LogP contribution in [-0.2, 0) is 11.0 Å². The lowest BCUT2D eigenvalue weighted by Crippen LogP contribution is -2.43. The lowest BCUT2D eigenvalue weighted by atomic mass is 10.1. The first-order valence-electron chi connectivity index (χ1n) is 7.92. The first-order valence-corrected chi connectivity index (χ1v) is 10.8. The normalized spacial score (nSPS) is 28.0. The van der Waals surface area contributed by atoms with Crippen LogP contribution < -0.4 is 11.2 Å². The fraction of sp³-hybridized carbons (Fsp3) is 0.750. The minimum atomic E-state index is -1.93. The molecule has 130 valence electrons. The highest BCUT2D eigenvalue weighted by Crippen LogP contribution is 2.60. The summed E-state index contributed by atoms with van der Waals surface area (Å²) in [4.78, 5) is 25.0. The highest BCUT2D eigenvalue weighted by Gasteiger charge is 2.66. The van der Waals surface area contributed by atoms with Crippen molar-refractivity contribution in [1.82, 2.24) is 9.55 Å². The zero-order valence-electron chi connectivity index (χ0n) is 14.8. The van der Waals surface area contributed by atoms with E-state index in [1.165, 1.54) is 16.8 Å². The van der Waals surface area contributed by atoms with Crippen molar-refractivity contribution >= 4 is 8.32 Å². The Morgan fingerprint density at radius 1 is 1.39 bits per heavy atom. The summed E-state index contributed by atoms with van der Waals surface area (Å²) < 4.78 is 22.4. The zero-order valence-corrected chi connectivity index (χ0v) is 15.8. The van der Waals surface area contributed by atoms with Gasteiger partial charge in [-0.1, -0.05) is 27.7 Å². The molecule has 1 N–H and O–H groups in total. The molecule has 0 saturated heterocycles. The van der Waals surface area contributed by atoms with Gasteiger partial charge in [0.1, 0.15) is 5.67 Å². The average Bonchev–Trinajstić information content (AvgIpc) is 2.92. The van der Waals surface area contributed by atoms with Crippen LogP contribution in [0.3, 0.4) is 0 Å². The first kappa shape index (κ1) is 18.1. The molecule has 1 saturated carbocycles. The molecule has 2 atom stereocenters. The smallest absolute Gasteiger partial charge is 0.328 e. The Bertz CT molecular complexity index is 706. The predicted octanol–water partition coefficient (Wildman–Crippen LogP) is 2.68. The largest absolute Gasteiger partial charge is 0.416 e. The lowest BCUT2D eigenvalue weighted by Gasteiger charge is -2.37. The first-order chi connectivity index (χ1) is 10.3. The van der Waals surface area contributed by atoms with Crippen LogP contribution in [0.4, 0.5) is 4.39 Å². The quantitative estimate of drug-likeness (QED) is 0.837. The molecule has 0 radical (unpaired) electrons. The van der Waals surface area contributed by atoms with Crippen molar-refractivity contribution in [3.05, 3.63) is 33.1 Å². The molecule has 1 aliphatic carbocycles. The van der Waals surface area contributed by atoms with Crippen LogP contribution in [0.25, 0.3) is 0 Å². The number of aromatic nitrogens is 2. The molecule has 0 aliphatic heterocycles. The van der Waals surface area contributed by atoms with Gasteiger partial charge < -0.3 is 4.43 Å². The maximum Gasteiger partial charge on any atom is 0.328 e. The third kappa shape index (κ3) is 3.50. The molecular formula is C16H27FN2O3Si. The van der Waals surface area contributed by atoms with E-state index >= 15 is 4.39 Å². The molecule has 1 aromatic rings. The van der Waals surface area contributed by atoms with Gasteiger partial charge in [0.2, 0.25) is 0 Å². The number of H-pyrrole nitrogens is 1. The Hall–Kier alpha value is -1.21. The van der Waals surface area contributed by atoms with Crippen LogP contribution in [0, 0.1) is 5.41 Å². The maximum atomic E-state index is 15.1. The van der Waals surface area contributed by atoms with Crippen LogP contribution >= 0.6 is 0 Å². The summed E-state index contributed by atoms with van der Waals surface area (Å²) in [5.74, 6) is 0. The number of nitrogens with one attached hydrogen (secondary N) is 1. The van der Waals surface area contributed by atoms with E-state index in [1.807, 2.05) is 6.92 Å². The van der Waals surface area contributed by atoms with Gasteiger partial charge in [-0.15, -0.1) is 0 Å². The highest BCUT2D eigenvalue weighted by atomic mass is 28.4. The van der Waals surface area contributed by atoms with Gasteiger partial charge in [-0.3, -0.25) is 14.3 Å². The van der Waals surface area contributed by atoms with Crippen molar-refractivity contribution in [2.45, 2.75) is 64.5 Å². The standard InChI is InChI=1S/C16H27FN2O3Si/c1-14(2,3)23(5,6)22-11-15(4)9-16(15,17)10-19-8-7-12(20)18-13(19)21/h7-8H,9-11H2,1-6H3,(H,18,20,21)/t15-,16-/m1/s1. The molecule has 1 heterocycles. The minimum absolute atomic E-state index is 0.0556. The second-order valence-electron chi connectivity index (χ2n) is 8.49. The molecule has 0 amide bonds. The molecule has 2 rings (SSSR count). The third-order valence-electron chi connectivity index (χ3n) is 5.50. The highest BCUT2D eigenvalue weighted by molar-refractivity contribution is 6.74. The van der Waals surface area contributed by atoms with Crippen LogP contribution in [0.5, 0.6) is 0 Å². The zero-order chi connectivity index (χ0) is 17.7. The number of rotatable bonds is 5. The van der Waals surface area contributed by atoms with E-state index in [0.717, 1.165) is 0 Å². The van der Waals surface area contributed by atoms with Gasteiger partial charge in [-0.2, -0.15) is 0 Å². The van der Waals surface area contributed by atoms with E-state index in [9.17, 15) is 9.59 Å². The monoisotopic (exact) mass is 342 g/mol. The van der Waals surface area contributed by atoms with Crippen molar-refractivity contribution in [3.63, 3.8) is 0 Å². The molecule has 0 unspecified atom stereocenters. The molecule has 1 aromatic heterocycles. The SMILES string of the molecule is CC(C)(C)[Si](C)(C)OC[C@@]1(C)C[C@@]1(F)Cn1ccc(=O)[nH]c1=O. The van der Waals surface area contributed by atoms with Crippen molar-refractivity contribution in [2.24, 2.45) is 5.41 Å². The van der Waals surface area contributed by atoms with Crippen molar-refractivity contribution in [1.29, 1.82) is 0 Å². The number of halogens is 1. The van der Waals surface area contributed by atoms with E-state index < -0.39 is 30.7 Å². The summed E-state index contributed by atoms with van der Waals surface area (Å²) in [6.07, 6.45) is 1.70. The van der Waals surface area contributed by atoms with Crippen molar-refractivity contribution in [2.75, 3.05) is 6.61 Å².